The maximum Gasteiger partial charge on any atom is 0.332 e. The van der Waals surface area contributed by atoms with Crippen molar-refractivity contribution in [2.75, 3.05) is 19.8 Å². The molecule has 0 spiro atoms. The van der Waals surface area contributed by atoms with Crippen molar-refractivity contribution < 1.29 is 19.3 Å². The first-order valence-electron chi connectivity index (χ1n) is 11.3. The zero-order chi connectivity index (χ0) is 24.2. The van der Waals surface area contributed by atoms with Crippen LogP contribution < -0.4 is 11.2 Å². The normalized spacial score (nSPS) is 12.1. The molecule has 34 heavy (non-hydrogen) atoms. The molecule has 0 amide bonds. The van der Waals surface area contributed by atoms with Gasteiger partial charge in [-0.15, -0.1) is 0 Å². The van der Waals surface area contributed by atoms with E-state index in [9.17, 15) is 14.7 Å². The first-order chi connectivity index (χ1) is 16.6. The number of aliphatic hydroxyl groups is 1. The molecule has 1 aromatic heterocycles. The number of nitrogens with zero attached hydrogens (tertiary/aromatic N) is 2. The first-order valence-corrected chi connectivity index (χ1v) is 11.3. The van der Waals surface area contributed by atoms with Crippen molar-refractivity contribution in [2.45, 2.75) is 45.9 Å². The fourth-order valence-electron chi connectivity index (χ4n) is 3.45. The number of aliphatic hydroxyl groups excluding tert-OH is 1. The molecule has 0 saturated heterocycles. The van der Waals surface area contributed by atoms with Crippen LogP contribution in [-0.2, 0) is 40.7 Å². The number of aromatic nitrogens is 2. The minimum atomic E-state index is -0.452. The van der Waals surface area contributed by atoms with Crippen molar-refractivity contribution in [3.63, 3.8) is 0 Å². The molecular formula is C26H32N2O6. The Labute approximate surface area is 199 Å². The van der Waals surface area contributed by atoms with E-state index in [0.29, 0.717) is 45.0 Å². The van der Waals surface area contributed by atoms with E-state index in [1.165, 1.54) is 10.8 Å². The third kappa shape index (κ3) is 7.78. The monoisotopic (exact) mass is 468 g/mol. The van der Waals surface area contributed by atoms with Gasteiger partial charge in [0.1, 0.15) is 6.73 Å². The molecule has 3 aromatic rings. The second-order valence-electron chi connectivity index (χ2n) is 7.99. The highest BCUT2D eigenvalue weighted by molar-refractivity contribution is 5.14. The van der Waals surface area contributed by atoms with Gasteiger partial charge in [0.15, 0.2) is 0 Å². The molecule has 8 heteroatoms. The highest BCUT2D eigenvalue weighted by Gasteiger charge is 2.13. The Morgan fingerprint density at radius 3 is 2.12 bits per heavy atom. The summed E-state index contributed by atoms with van der Waals surface area (Å²) in [5, 5.41) is 9.66. The number of benzene rings is 2. The van der Waals surface area contributed by atoms with Gasteiger partial charge in [0, 0.05) is 18.3 Å². The molecule has 0 fully saturated rings. The summed E-state index contributed by atoms with van der Waals surface area (Å²) in [4.78, 5) is 25.3. The lowest BCUT2D eigenvalue weighted by molar-refractivity contribution is -0.0272. The zero-order valence-electron chi connectivity index (χ0n) is 19.5. The quantitative estimate of drug-likeness (QED) is 0.366. The van der Waals surface area contributed by atoms with Crippen molar-refractivity contribution in [2.24, 2.45) is 0 Å². The Kier molecular flexibility index (Phi) is 10.2. The third-order valence-corrected chi connectivity index (χ3v) is 5.33. The first kappa shape index (κ1) is 25.6. The molecule has 0 aliphatic carbocycles. The van der Waals surface area contributed by atoms with E-state index in [1.54, 1.807) is 6.92 Å². The van der Waals surface area contributed by atoms with Gasteiger partial charge in [-0.3, -0.25) is 9.36 Å². The zero-order valence-corrected chi connectivity index (χ0v) is 19.5. The van der Waals surface area contributed by atoms with Crippen molar-refractivity contribution >= 4 is 0 Å². The lowest BCUT2D eigenvalue weighted by atomic mass is 10.2. The van der Waals surface area contributed by atoms with Crippen LogP contribution in [0.1, 0.15) is 23.1 Å². The molecule has 0 unspecified atom stereocenters. The highest BCUT2D eigenvalue weighted by Crippen LogP contribution is 2.04. The summed E-state index contributed by atoms with van der Waals surface area (Å²) >= 11 is 0. The summed E-state index contributed by atoms with van der Waals surface area (Å²) in [7, 11) is 0. The number of ether oxygens (including phenoxy) is 3. The lowest BCUT2D eigenvalue weighted by Gasteiger charge is -2.17. The van der Waals surface area contributed by atoms with E-state index in [2.05, 4.69) is 0 Å². The van der Waals surface area contributed by atoms with Crippen LogP contribution in [0, 0.1) is 6.92 Å². The molecule has 1 heterocycles. The van der Waals surface area contributed by atoms with Crippen molar-refractivity contribution in [1.82, 2.24) is 9.13 Å². The van der Waals surface area contributed by atoms with Crippen LogP contribution in [0.2, 0.25) is 0 Å². The Bertz CT molecular complexity index is 1110. The minimum Gasteiger partial charge on any atom is -0.394 e. The molecule has 0 bridgehead atoms. The molecule has 0 aliphatic heterocycles. The molecule has 2 aromatic carbocycles. The predicted molar refractivity (Wildman–Crippen MR) is 128 cm³/mol. The molecule has 0 aliphatic rings. The summed E-state index contributed by atoms with van der Waals surface area (Å²) in [6, 6.07) is 19.4. The molecule has 0 saturated carbocycles. The lowest BCUT2D eigenvalue weighted by Crippen LogP contribution is -2.41. The summed E-state index contributed by atoms with van der Waals surface area (Å²) in [6.07, 6.45) is 1.51. The van der Waals surface area contributed by atoms with Crippen molar-refractivity contribution in [3.05, 3.63) is 104 Å². The third-order valence-electron chi connectivity index (χ3n) is 5.33. The molecule has 182 valence electrons. The van der Waals surface area contributed by atoms with Gasteiger partial charge < -0.3 is 19.3 Å². The molecule has 3 rings (SSSR count). The number of hydrogen-bond donors (Lipinski definition) is 1. The number of aryl methyl sites for hydroxylation is 2. The summed E-state index contributed by atoms with van der Waals surface area (Å²) in [5.41, 5.74) is 1.66. The topological polar surface area (TPSA) is 91.9 Å². The Balaban J connectivity index is 1.49. The second kappa shape index (κ2) is 13.6. The molecule has 1 atom stereocenters. The van der Waals surface area contributed by atoms with Gasteiger partial charge in [-0.1, -0.05) is 60.7 Å². The Morgan fingerprint density at radius 2 is 1.50 bits per heavy atom. The van der Waals surface area contributed by atoms with Gasteiger partial charge in [-0.2, -0.15) is 0 Å². The second-order valence-corrected chi connectivity index (χ2v) is 7.99. The van der Waals surface area contributed by atoms with Crippen molar-refractivity contribution in [3.8, 4) is 0 Å². The molecule has 0 radical (unpaired) electrons. The van der Waals surface area contributed by atoms with Gasteiger partial charge in [0.25, 0.3) is 5.56 Å². The standard InChI is InChI=1S/C26H32N2O6/c1-21-16-27(26(31)28(25(21)30)20-33-19-23-10-6-3-7-11-23)13-12-24(17-29)34-15-14-32-18-22-8-4-2-5-9-22/h2-11,16,24,29H,12-15,17-20H2,1H3/t24-/m0/s1. The van der Waals surface area contributed by atoms with Crippen LogP contribution >= 0.6 is 0 Å². The van der Waals surface area contributed by atoms with E-state index in [4.69, 9.17) is 14.2 Å². The van der Waals surface area contributed by atoms with Crippen LogP contribution in [0.4, 0.5) is 0 Å². The molecule has 8 nitrogen and oxygen atoms in total. The van der Waals surface area contributed by atoms with Crippen LogP contribution in [0.5, 0.6) is 0 Å². The molecule has 1 N–H and O–H groups in total. The largest absolute Gasteiger partial charge is 0.394 e. The fraction of sp³-hybridized carbons (Fsp3) is 0.385. The Hall–Kier alpha value is -3.04. The van der Waals surface area contributed by atoms with Gasteiger partial charge in [-0.25, -0.2) is 9.36 Å². The fourth-order valence-corrected chi connectivity index (χ4v) is 3.45. The summed E-state index contributed by atoms with van der Waals surface area (Å²) < 4.78 is 19.5. The Morgan fingerprint density at radius 1 is 0.882 bits per heavy atom. The minimum absolute atomic E-state index is 0.132. The summed E-state index contributed by atoms with van der Waals surface area (Å²) in [5.74, 6) is 0. The maximum atomic E-state index is 12.8. The smallest absolute Gasteiger partial charge is 0.332 e. The van der Waals surface area contributed by atoms with Crippen molar-refractivity contribution in [1.29, 1.82) is 0 Å². The summed E-state index contributed by atoms with van der Waals surface area (Å²) in [6.45, 7) is 3.18. The average Bonchev–Trinajstić information content (AvgIpc) is 2.87. The van der Waals surface area contributed by atoms with E-state index in [0.717, 1.165) is 15.7 Å². The number of hydrogen-bond acceptors (Lipinski definition) is 6. The SMILES string of the molecule is Cc1cn(CC[C@@H](CO)OCCOCc2ccccc2)c(=O)n(COCc2ccccc2)c1=O. The highest BCUT2D eigenvalue weighted by atomic mass is 16.5. The van der Waals surface area contributed by atoms with E-state index < -0.39 is 11.8 Å². The van der Waals surface area contributed by atoms with Crippen LogP contribution in [0.25, 0.3) is 0 Å². The predicted octanol–water partition coefficient (Wildman–Crippen LogP) is 2.48. The number of rotatable bonds is 14. The van der Waals surface area contributed by atoms with Gasteiger partial charge in [0.05, 0.1) is 39.1 Å². The van der Waals surface area contributed by atoms with E-state index in [1.807, 2.05) is 60.7 Å². The van der Waals surface area contributed by atoms with Gasteiger partial charge in [0.2, 0.25) is 0 Å². The molecular weight excluding hydrogens is 436 g/mol. The maximum absolute atomic E-state index is 12.8. The van der Waals surface area contributed by atoms with E-state index in [-0.39, 0.29) is 18.9 Å². The van der Waals surface area contributed by atoms with E-state index >= 15 is 0 Å². The average molecular weight is 469 g/mol. The van der Waals surface area contributed by atoms with Gasteiger partial charge >= 0.3 is 5.69 Å². The van der Waals surface area contributed by atoms with Crippen LogP contribution in [0.15, 0.2) is 76.4 Å². The van der Waals surface area contributed by atoms with Crippen LogP contribution in [-0.4, -0.2) is 40.2 Å². The van der Waals surface area contributed by atoms with Gasteiger partial charge in [-0.05, 0) is 24.5 Å². The van der Waals surface area contributed by atoms with Crippen LogP contribution in [0.3, 0.4) is 0 Å².